The standard InChI is InChI=1S/C19H18N2O/c20-16-8-4-7-15(11-16)18-10-9-17(12-19(18)21)22-13-14-5-2-1-3-6-14/h1-12H,13,20-21H2. The molecule has 110 valence electrons. The fourth-order valence-corrected chi connectivity index (χ4v) is 2.34. The van der Waals surface area contributed by atoms with Crippen LogP contribution < -0.4 is 16.2 Å². The maximum absolute atomic E-state index is 6.15. The molecule has 0 aromatic heterocycles. The van der Waals surface area contributed by atoms with Crippen LogP contribution in [0.3, 0.4) is 0 Å². The zero-order valence-corrected chi connectivity index (χ0v) is 12.2. The molecule has 0 saturated heterocycles. The van der Waals surface area contributed by atoms with Crippen LogP contribution in [0.1, 0.15) is 5.56 Å². The lowest BCUT2D eigenvalue weighted by Gasteiger charge is -2.11. The molecule has 0 fully saturated rings. The molecule has 0 heterocycles. The molecule has 0 saturated carbocycles. The Balaban J connectivity index is 1.77. The Bertz CT molecular complexity index is 769. The molecule has 22 heavy (non-hydrogen) atoms. The van der Waals surface area contributed by atoms with Gasteiger partial charge in [0, 0.05) is 23.0 Å². The van der Waals surface area contributed by atoms with Crippen molar-refractivity contribution in [2.24, 2.45) is 0 Å². The number of hydrogen-bond donors (Lipinski definition) is 2. The van der Waals surface area contributed by atoms with E-state index in [2.05, 4.69) is 0 Å². The van der Waals surface area contributed by atoms with Gasteiger partial charge in [0.15, 0.2) is 0 Å². The first-order valence-corrected chi connectivity index (χ1v) is 7.14. The van der Waals surface area contributed by atoms with E-state index in [9.17, 15) is 0 Å². The smallest absolute Gasteiger partial charge is 0.121 e. The number of benzene rings is 3. The van der Waals surface area contributed by atoms with Crippen molar-refractivity contribution in [1.29, 1.82) is 0 Å². The second kappa shape index (κ2) is 6.22. The molecule has 0 bridgehead atoms. The highest BCUT2D eigenvalue weighted by molar-refractivity contribution is 5.78. The monoisotopic (exact) mass is 290 g/mol. The van der Waals surface area contributed by atoms with Gasteiger partial charge in [0.1, 0.15) is 12.4 Å². The summed E-state index contributed by atoms with van der Waals surface area (Å²) in [6.07, 6.45) is 0. The molecule has 0 atom stereocenters. The van der Waals surface area contributed by atoms with Gasteiger partial charge in [0.2, 0.25) is 0 Å². The summed E-state index contributed by atoms with van der Waals surface area (Å²) in [4.78, 5) is 0. The van der Waals surface area contributed by atoms with Crippen LogP contribution in [-0.2, 0) is 6.61 Å². The molecule has 3 aromatic rings. The second-order valence-corrected chi connectivity index (χ2v) is 5.15. The molecular weight excluding hydrogens is 272 g/mol. The van der Waals surface area contributed by atoms with Gasteiger partial charge in [0.25, 0.3) is 0 Å². The van der Waals surface area contributed by atoms with E-state index in [0.29, 0.717) is 12.3 Å². The topological polar surface area (TPSA) is 61.3 Å². The van der Waals surface area contributed by atoms with Crippen molar-refractivity contribution in [2.75, 3.05) is 11.5 Å². The third kappa shape index (κ3) is 3.20. The molecule has 3 heteroatoms. The maximum Gasteiger partial charge on any atom is 0.121 e. The van der Waals surface area contributed by atoms with Gasteiger partial charge < -0.3 is 16.2 Å². The van der Waals surface area contributed by atoms with Gasteiger partial charge in [-0.1, -0.05) is 42.5 Å². The molecule has 0 unspecified atom stereocenters. The lowest BCUT2D eigenvalue weighted by atomic mass is 10.0. The van der Waals surface area contributed by atoms with Crippen molar-refractivity contribution in [3.05, 3.63) is 78.4 Å². The fraction of sp³-hybridized carbons (Fsp3) is 0.0526. The van der Waals surface area contributed by atoms with Crippen LogP contribution in [-0.4, -0.2) is 0 Å². The molecule has 0 radical (unpaired) electrons. The van der Waals surface area contributed by atoms with Gasteiger partial charge >= 0.3 is 0 Å². The number of hydrogen-bond acceptors (Lipinski definition) is 3. The summed E-state index contributed by atoms with van der Waals surface area (Å²) in [7, 11) is 0. The van der Waals surface area contributed by atoms with Crippen molar-refractivity contribution in [1.82, 2.24) is 0 Å². The summed E-state index contributed by atoms with van der Waals surface area (Å²) in [5.41, 5.74) is 16.5. The molecule has 0 aliphatic carbocycles. The van der Waals surface area contributed by atoms with Gasteiger partial charge in [-0.25, -0.2) is 0 Å². The quantitative estimate of drug-likeness (QED) is 0.711. The third-order valence-corrected chi connectivity index (χ3v) is 3.47. The highest BCUT2D eigenvalue weighted by atomic mass is 16.5. The van der Waals surface area contributed by atoms with E-state index in [1.54, 1.807) is 0 Å². The number of nitrogen functional groups attached to an aromatic ring is 2. The van der Waals surface area contributed by atoms with E-state index in [1.165, 1.54) is 0 Å². The Morgan fingerprint density at radius 3 is 2.32 bits per heavy atom. The molecule has 4 N–H and O–H groups in total. The van der Waals surface area contributed by atoms with Crippen molar-refractivity contribution in [3.8, 4) is 16.9 Å². The highest BCUT2D eigenvalue weighted by Crippen LogP contribution is 2.30. The van der Waals surface area contributed by atoms with E-state index < -0.39 is 0 Å². The summed E-state index contributed by atoms with van der Waals surface area (Å²) in [5.74, 6) is 0.758. The largest absolute Gasteiger partial charge is 0.489 e. The Hall–Kier alpha value is -2.94. The number of anilines is 2. The van der Waals surface area contributed by atoms with Crippen LogP contribution in [0.25, 0.3) is 11.1 Å². The Morgan fingerprint density at radius 1 is 0.773 bits per heavy atom. The molecule has 0 spiro atoms. The van der Waals surface area contributed by atoms with E-state index in [1.807, 2.05) is 72.8 Å². The minimum absolute atomic E-state index is 0.526. The SMILES string of the molecule is Nc1cccc(-c2ccc(OCc3ccccc3)cc2N)c1. The molecular formula is C19H18N2O. The third-order valence-electron chi connectivity index (χ3n) is 3.47. The first kappa shape index (κ1) is 14.0. The van der Waals surface area contributed by atoms with E-state index in [-0.39, 0.29) is 0 Å². The number of ether oxygens (including phenoxy) is 1. The average molecular weight is 290 g/mol. The fourth-order valence-electron chi connectivity index (χ4n) is 2.34. The number of nitrogens with two attached hydrogens (primary N) is 2. The maximum atomic E-state index is 6.15. The number of rotatable bonds is 4. The van der Waals surface area contributed by atoms with Crippen LogP contribution in [0, 0.1) is 0 Å². The first-order chi connectivity index (χ1) is 10.7. The second-order valence-electron chi connectivity index (χ2n) is 5.15. The van der Waals surface area contributed by atoms with Gasteiger partial charge in [0.05, 0.1) is 0 Å². The van der Waals surface area contributed by atoms with Gasteiger partial charge in [-0.3, -0.25) is 0 Å². The van der Waals surface area contributed by atoms with Crippen LogP contribution in [0.2, 0.25) is 0 Å². The molecule has 3 nitrogen and oxygen atoms in total. The van der Waals surface area contributed by atoms with Crippen molar-refractivity contribution >= 4 is 11.4 Å². The van der Waals surface area contributed by atoms with E-state index >= 15 is 0 Å². The predicted octanol–water partition coefficient (Wildman–Crippen LogP) is 4.10. The molecule has 0 aliphatic heterocycles. The first-order valence-electron chi connectivity index (χ1n) is 7.14. The molecule has 0 aliphatic rings. The summed E-state index contributed by atoms with van der Waals surface area (Å²) >= 11 is 0. The summed E-state index contributed by atoms with van der Waals surface area (Å²) in [5, 5.41) is 0. The zero-order valence-electron chi connectivity index (χ0n) is 12.2. The summed E-state index contributed by atoms with van der Waals surface area (Å²) < 4.78 is 5.78. The van der Waals surface area contributed by atoms with Gasteiger partial charge in [-0.15, -0.1) is 0 Å². The van der Waals surface area contributed by atoms with Crippen molar-refractivity contribution < 1.29 is 4.74 Å². The summed E-state index contributed by atoms with van der Waals surface area (Å²) in [6.45, 7) is 0.526. The zero-order chi connectivity index (χ0) is 15.4. The predicted molar refractivity (Wildman–Crippen MR) is 91.5 cm³/mol. The highest BCUT2D eigenvalue weighted by Gasteiger charge is 2.05. The Labute approximate surface area is 130 Å². The summed E-state index contributed by atoms with van der Waals surface area (Å²) in [6, 6.07) is 23.5. The van der Waals surface area contributed by atoms with Crippen LogP contribution >= 0.6 is 0 Å². The lowest BCUT2D eigenvalue weighted by molar-refractivity contribution is 0.306. The van der Waals surface area contributed by atoms with Gasteiger partial charge in [-0.05, 0) is 35.4 Å². The van der Waals surface area contributed by atoms with Crippen LogP contribution in [0.15, 0.2) is 72.8 Å². The van der Waals surface area contributed by atoms with Crippen molar-refractivity contribution in [2.45, 2.75) is 6.61 Å². The molecule has 3 rings (SSSR count). The Kier molecular flexibility index (Phi) is 3.97. The van der Waals surface area contributed by atoms with E-state index in [0.717, 1.165) is 28.1 Å². The molecule has 3 aromatic carbocycles. The Morgan fingerprint density at radius 2 is 1.59 bits per heavy atom. The van der Waals surface area contributed by atoms with Gasteiger partial charge in [-0.2, -0.15) is 0 Å². The molecule has 0 amide bonds. The lowest BCUT2D eigenvalue weighted by Crippen LogP contribution is -1.97. The van der Waals surface area contributed by atoms with Crippen LogP contribution in [0.5, 0.6) is 5.75 Å². The minimum Gasteiger partial charge on any atom is -0.489 e. The minimum atomic E-state index is 0.526. The average Bonchev–Trinajstić information content (AvgIpc) is 2.54. The van der Waals surface area contributed by atoms with Crippen LogP contribution in [0.4, 0.5) is 11.4 Å². The van der Waals surface area contributed by atoms with Crippen molar-refractivity contribution in [3.63, 3.8) is 0 Å². The van der Waals surface area contributed by atoms with E-state index in [4.69, 9.17) is 16.2 Å². The normalized spacial score (nSPS) is 10.4.